The second kappa shape index (κ2) is 14.4. The van der Waals surface area contributed by atoms with E-state index in [1.165, 1.54) is 83.5 Å². The molecule has 1 aromatic rings. The van der Waals surface area contributed by atoms with Crippen molar-refractivity contribution in [1.29, 1.82) is 0 Å². The van der Waals surface area contributed by atoms with Crippen molar-refractivity contribution in [2.75, 3.05) is 0 Å². The summed E-state index contributed by atoms with van der Waals surface area (Å²) in [7, 11) is 0. The van der Waals surface area contributed by atoms with Gasteiger partial charge in [-0.1, -0.05) is 90.4 Å². The van der Waals surface area contributed by atoms with Crippen LogP contribution in [0.15, 0.2) is 10.9 Å². The summed E-state index contributed by atoms with van der Waals surface area (Å²) in [4.78, 5) is 16.9. The summed E-state index contributed by atoms with van der Waals surface area (Å²) in [6.07, 6.45) is 20.1. The molecule has 2 N–H and O–H groups in total. The van der Waals surface area contributed by atoms with Crippen molar-refractivity contribution in [3.05, 3.63) is 26.9 Å². The molecule has 0 amide bonds. The molecule has 24 heavy (non-hydrogen) atoms. The largest absolute Gasteiger partial charge is 0.336 e. The van der Waals surface area contributed by atoms with Crippen LogP contribution in [0.4, 0.5) is 0 Å². The zero-order valence-corrected chi connectivity index (χ0v) is 16.3. The van der Waals surface area contributed by atoms with E-state index >= 15 is 0 Å². The predicted octanol–water partition coefficient (Wildman–Crippen LogP) is 6.46. The fourth-order valence-electron chi connectivity index (χ4n) is 3.16. The molecule has 1 aromatic heterocycles. The van der Waals surface area contributed by atoms with Gasteiger partial charge in [0.2, 0.25) is 0 Å². The predicted molar refractivity (Wildman–Crippen MR) is 106 cm³/mol. The maximum atomic E-state index is 11.3. The lowest BCUT2D eigenvalue weighted by Gasteiger charge is -2.04. The summed E-state index contributed by atoms with van der Waals surface area (Å²) < 4.78 is 0.433. The van der Waals surface area contributed by atoms with Crippen LogP contribution in [-0.2, 0) is 6.42 Å². The molecule has 0 radical (unpaired) electrons. The van der Waals surface area contributed by atoms with E-state index in [-0.39, 0.29) is 5.56 Å². The second-order valence-electron chi connectivity index (χ2n) is 6.96. The first-order valence-corrected chi connectivity index (χ1v) is 10.5. The normalized spacial score (nSPS) is 11.0. The molecule has 0 spiro atoms. The molecular formula is C20H36N2OS. The maximum Gasteiger partial charge on any atom is 0.251 e. The van der Waals surface area contributed by atoms with Crippen LogP contribution in [-0.4, -0.2) is 9.97 Å². The second-order valence-corrected chi connectivity index (χ2v) is 7.37. The minimum Gasteiger partial charge on any atom is -0.336 e. The first kappa shape index (κ1) is 21.1. The molecule has 0 aliphatic rings. The Labute approximate surface area is 152 Å². The highest BCUT2D eigenvalue weighted by atomic mass is 32.1. The van der Waals surface area contributed by atoms with Crippen LogP contribution in [0, 0.1) is 4.77 Å². The summed E-state index contributed by atoms with van der Waals surface area (Å²) >= 11 is 4.98. The molecule has 0 saturated heterocycles. The Morgan fingerprint density at radius 1 is 0.750 bits per heavy atom. The van der Waals surface area contributed by atoms with E-state index in [4.69, 9.17) is 12.2 Å². The molecule has 0 unspecified atom stereocenters. The van der Waals surface area contributed by atoms with Gasteiger partial charge in [-0.25, -0.2) is 0 Å². The Balaban J connectivity index is 1.85. The number of H-pyrrole nitrogens is 2. The summed E-state index contributed by atoms with van der Waals surface area (Å²) in [5, 5.41) is 0. The average molecular weight is 353 g/mol. The molecule has 3 nitrogen and oxygen atoms in total. The van der Waals surface area contributed by atoms with E-state index < -0.39 is 0 Å². The molecule has 4 heteroatoms. The Morgan fingerprint density at radius 2 is 1.21 bits per heavy atom. The molecule has 138 valence electrons. The van der Waals surface area contributed by atoms with E-state index in [9.17, 15) is 4.79 Å². The Morgan fingerprint density at radius 3 is 1.67 bits per heavy atom. The number of rotatable bonds is 15. The quantitative estimate of drug-likeness (QED) is 0.281. The molecule has 0 fully saturated rings. The Hall–Kier alpha value is -0.900. The van der Waals surface area contributed by atoms with E-state index in [0.717, 1.165) is 18.5 Å². The Bertz CT molecular complexity index is 493. The number of aromatic nitrogens is 2. The molecule has 0 bridgehead atoms. The van der Waals surface area contributed by atoms with Crippen molar-refractivity contribution in [3.63, 3.8) is 0 Å². The van der Waals surface area contributed by atoms with Crippen LogP contribution < -0.4 is 5.56 Å². The van der Waals surface area contributed by atoms with Crippen molar-refractivity contribution >= 4 is 12.2 Å². The highest BCUT2D eigenvalue weighted by Gasteiger charge is 1.97. The highest BCUT2D eigenvalue weighted by molar-refractivity contribution is 7.71. The van der Waals surface area contributed by atoms with Gasteiger partial charge in [-0.3, -0.25) is 9.78 Å². The van der Waals surface area contributed by atoms with E-state index in [2.05, 4.69) is 16.9 Å². The average Bonchev–Trinajstić information content (AvgIpc) is 2.54. The molecular weight excluding hydrogens is 316 g/mol. The zero-order chi connectivity index (χ0) is 17.5. The van der Waals surface area contributed by atoms with Crippen molar-refractivity contribution in [1.82, 2.24) is 9.97 Å². The van der Waals surface area contributed by atoms with Gasteiger partial charge in [0, 0.05) is 11.8 Å². The van der Waals surface area contributed by atoms with Crippen LogP contribution in [0.3, 0.4) is 0 Å². The van der Waals surface area contributed by atoms with Gasteiger partial charge in [-0.15, -0.1) is 0 Å². The molecule has 1 heterocycles. The SMILES string of the molecule is CCCCCCCCCCCCCCCCc1cc(=O)[nH]c(=S)[nH]1. The first-order chi connectivity index (χ1) is 11.7. The van der Waals surface area contributed by atoms with Crippen LogP contribution in [0.2, 0.25) is 0 Å². The summed E-state index contributed by atoms with van der Waals surface area (Å²) in [5.74, 6) is 0. The lowest BCUT2D eigenvalue weighted by molar-refractivity contribution is 0.535. The van der Waals surface area contributed by atoms with Gasteiger partial charge in [0.05, 0.1) is 0 Å². The lowest BCUT2D eigenvalue weighted by atomic mass is 10.0. The van der Waals surface area contributed by atoms with Crippen molar-refractivity contribution in [3.8, 4) is 0 Å². The molecule has 0 aliphatic carbocycles. The number of hydrogen-bond acceptors (Lipinski definition) is 2. The Kier molecular flexibility index (Phi) is 12.7. The van der Waals surface area contributed by atoms with Gasteiger partial charge in [-0.2, -0.15) is 0 Å². The standard InChI is InChI=1S/C20H36N2OS/c1-2-3-4-5-6-7-8-9-10-11-12-13-14-15-16-18-17-19(23)22-20(24)21-18/h17H,2-16H2,1H3,(H2,21,22,23,24). The third-order valence-corrected chi connectivity index (χ3v) is 4.82. The maximum absolute atomic E-state index is 11.3. The van der Waals surface area contributed by atoms with E-state index in [1.54, 1.807) is 6.07 Å². The fraction of sp³-hybridized carbons (Fsp3) is 0.800. The molecule has 1 rings (SSSR count). The van der Waals surface area contributed by atoms with Gasteiger partial charge in [-0.05, 0) is 25.1 Å². The van der Waals surface area contributed by atoms with Crippen molar-refractivity contribution in [2.45, 2.75) is 103 Å². The monoisotopic (exact) mass is 352 g/mol. The van der Waals surface area contributed by atoms with Gasteiger partial charge in [0.15, 0.2) is 4.77 Å². The van der Waals surface area contributed by atoms with Gasteiger partial charge < -0.3 is 4.98 Å². The topological polar surface area (TPSA) is 48.6 Å². The molecule has 0 aromatic carbocycles. The smallest absolute Gasteiger partial charge is 0.251 e. The molecule has 0 aliphatic heterocycles. The van der Waals surface area contributed by atoms with E-state index in [1.807, 2.05) is 0 Å². The fourth-order valence-corrected chi connectivity index (χ4v) is 3.40. The minimum absolute atomic E-state index is 0.0980. The van der Waals surface area contributed by atoms with Gasteiger partial charge >= 0.3 is 0 Å². The van der Waals surface area contributed by atoms with Crippen LogP contribution in [0.1, 0.15) is 103 Å². The number of aromatic amines is 2. The summed E-state index contributed by atoms with van der Waals surface area (Å²) in [6.45, 7) is 2.28. The molecule has 0 atom stereocenters. The highest BCUT2D eigenvalue weighted by Crippen LogP contribution is 2.13. The lowest BCUT2D eigenvalue weighted by Crippen LogP contribution is -2.08. The summed E-state index contributed by atoms with van der Waals surface area (Å²) in [5.41, 5.74) is 0.863. The summed E-state index contributed by atoms with van der Waals surface area (Å²) in [6, 6.07) is 1.62. The van der Waals surface area contributed by atoms with Crippen molar-refractivity contribution < 1.29 is 0 Å². The zero-order valence-electron chi connectivity index (χ0n) is 15.5. The van der Waals surface area contributed by atoms with Crippen molar-refractivity contribution in [2.24, 2.45) is 0 Å². The van der Waals surface area contributed by atoms with Crippen LogP contribution in [0.5, 0.6) is 0 Å². The van der Waals surface area contributed by atoms with Crippen LogP contribution in [0.25, 0.3) is 0 Å². The third kappa shape index (κ3) is 11.6. The first-order valence-electron chi connectivity index (χ1n) is 10.0. The third-order valence-electron chi connectivity index (χ3n) is 4.62. The number of aryl methyl sites for hydroxylation is 1. The molecule has 0 saturated carbocycles. The van der Waals surface area contributed by atoms with Crippen LogP contribution >= 0.6 is 12.2 Å². The van der Waals surface area contributed by atoms with E-state index in [0.29, 0.717) is 4.77 Å². The number of unbranched alkanes of at least 4 members (excludes halogenated alkanes) is 13. The number of nitrogens with one attached hydrogen (secondary N) is 2. The minimum atomic E-state index is -0.0980. The number of hydrogen-bond donors (Lipinski definition) is 2. The van der Waals surface area contributed by atoms with Gasteiger partial charge in [0.25, 0.3) is 5.56 Å². The van der Waals surface area contributed by atoms with Gasteiger partial charge in [0.1, 0.15) is 0 Å².